The molecule has 7 heteroatoms. The van der Waals surface area contributed by atoms with Crippen LogP contribution < -0.4 is 15.9 Å². The van der Waals surface area contributed by atoms with Gasteiger partial charge >= 0.3 is 0 Å². The van der Waals surface area contributed by atoms with Crippen LogP contribution in [0.3, 0.4) is 0 Å². The van der Waals surface area contributed by atoms with Gasteiger partial charge in [-0.3, -0.25) is 5.43 Å². The number of nitrogens with two attached hydrogens (primary N) is 1. The summed E-state index contributed by atoms with van der Waals surface area (Å²) in [4.78, 5) is 0. The number of hydrogen-bond donors (Lipinski definition) is 2. The van der Waals surface area contributed by atoms with Crippen LogP contribution in [-0.4, -0.2) is 22.0 Å². The Balaban J connectivity index is 1.89. The number of nitrogens with zero attached hydrogens (tertiary/aromatic N) is 3. The van der Waals surface area contributed by atoms with E-state index in [9.17, 15) is 0 Å². The number of fused-ring (bicyclic) bond motifs is 1. The van der Waals surface area contributed by atoms with Crippen LogP contribution in [0, 0.1) is 5.92 Å². The maximum absolute atomic E-state index is 6.34. The molecule has 1 aliphatic heterocycles. The Morgan fingerprint density at radius 3 is 2.96 bits per heavy atom. The van der Waals surface area contributed by atoms with Gasteiger partial charge in [0.1, 0.15) is 5.75 Å². The van der Waals surface area contributed by atoms with E-state index in [2.05, 4.69) is 29.5 Å². The molecule has 3 N–H and O–H groups in total. The van der Waals surface area contributed by atoms with Crippen LogP contribution in [0.4, 0.5) is 0 Å². The summed E-state index contributed by atoms with van der Waals surface area (Å²) in [6, 6.07) is 7.76. The van der Waals surface area contributed by atoms with Gasteiger partial charge in [-0.1, -0.05) is 44.2 Å². The first-order valence-electron chi connectivity index (χ1n) is 7.63. The molecule has 0 saturated carbocycles. The first-order chi connectivity index (χ1) is 11.1. The molecule has 2 atom stereocenters. The van der Waals surface area contributed by atoms with E-state index < -0.39 is 0 Å². The highest BCUT2D eigenvalue weighted by molar-refractivity contribution is 8.02. The molecule has 0 fully saturated rings. The molecular weight excluding hydrogens is 310 g/mol. The molecule has 0 bridgehead atoms. The van der Waals surface area contributed by atoms with Crippen molar-refractivity contribution in [3.8, 4) is 5.75 Å². The summed E-state index contributed by atoms with van der Waals surface area (Å²) in [5, 5.41) is 11.3. The maximum Gasteiger partial charge on any atom is 0.214 e. The van der Waals surface area contributed by atoms with Crippen molar-refractivity contribution in [2.24, 2.45) is 11.7 Å². The summed E-state index contributed by atoms with van der Waals surface area (Å²) in [7, 11) is 1.66. The van der Waals surface area contributed by atoms with Gasteiger partial charge in [0.15, 0.2) is 5.82 Å². The Labute approximate surface area is 140 Å². The predicted octanol–water partition coefficient (Wildman–Crippen LogP) is 2.98. The van der Waals surface area contributed by atoms with Gasteiger partial charge in [-0.25, -0.2) is 4.68 Å². The molecule has 6 nitrogen and oxygen atoms in total. The average Bonchev–Trinajstić information content (AvgIpc) is 3.03. The molecule has 0 radical (unpaired) electrons. The molecule has 3 rings (SSSR count). The highest BCUT2D eigenvalue weighted by atomic mass is 32.2. The number of rotatable bonds is 5. The van der Waals surface area contributed by atoms with Crippen molar-refractivity contribution in [2.75, 3.05) is 12.5 Å². The quantitative estimate of drug-likeness (QED) is 0.877. The van der Waals surface area contributed by atoms with Gasteiger partial charge < -0.3 is 10.5 Å². The fraction of sp³-hybridized carbons (Fsp3) is 0.375. The van der Waals surface area contributed by atoms with Crippen molar-refractivity contribution >= 4 is 17.5 Å². The van der Waals surface area contributed by atoms with E-state index in [4.69, 9.17) is 10.5 Å². The second-order valence-corrected chi connectivity index (χ2v) is 6.42. The monoisotopic (exact) mass is 331 g/mol. The number of ether oxygens (including phenoxy) is 1. The lowest BCUT2D eigenvalue weighted by molar-refractivity contribution is 0.414. The van der Waals surface area contributed by atoms with Crippen molar-refractivity contribution in [1.29, 1.82) is 0 Å². The van der Waals surface area contributed by atoms with Gasteiger partial charge in [0.05, 0.1) is 18.8 Å². The third kappa shape index (κ3) is 3.07. The lowest BCUT2D eigenvalue weighted by Gasteiger charge is -2.23. The summed E-state index contributed by atoms with van der Waals surface area (Å²) >= 11 is 1.53. The molecule has 0 unspecified atom stereocenters. The summed E-state index contributed by atoms with van der Waals surface area (Å²) in [6.45, 7) is 4.25. The van der Waals surface area contributed by atoms with Crippen molar-refractivity contribution in [3.63, 3.8) is 0 Å². The smallest absolute Gasteiger partial charge is 0.214 e. The molecule has 122 valence electrons. The van der Waals surface area contributed by atoms with Gasteiger partial charge in [0.2, 0.25) is 5.16 Å². The summed E-state index contributed by atoms with van der Waals surface area (Å²) in [6.07, 6.45) is 0.995. The van der Waals surface area contributed by atoms with Crippen LogP contribution in [0.2, 0.25) is 0 Å². The zero-order valence-corrected chi connectivity index (χ0v) is 14.3. The molecule has 0 spiro atoms. The van der Waals surface area contributed by atoms with E-state index in [0.29, 0.717) is 5.92 Å². The van der Waals surface area contributed by atoms with Gasteiger partial charge in [-0.2, -0.15) is 0 Å². The number of methoxy groups -OCH3 is 1. The molecular formula is C16H21N5OS. The Morgan fingerprint density at radius 2 is 2.22 bits per heavy atom. The molecule has 0 aliphatic carbocycles. The second-order valence-electron chi connectivity index (χ2n) is 5.58. The van der Waals surface area contributed by atoms with Crippen molar-refractivity contribution in [3.05, 3.63) is 41.1 Å². The van der Waals surface area contributed by atoms with E-state index in [1.165, 1.54) is 11.8 Å². The third-order valence-corrected chi connectivity index (χ3v) is 4.94. The van der Waals surface area contributed by atoms with Crippen LogP contribution in [-0.2, 0) is 0 Å². The van der Waals surface area contributed by atoms with Crippen molar-refractivity contribution in [1.82, 2.24) is 14.9 Å². The van der Waals surface area contributed by atoms with Gasteiger partial charge in [0, 0.05) is 11.0 Å². The number of nitrogens with one attached hydrogen (secondary N) is 1. The number of thioether (sulfide) groups is 1. The van der Waals surface area contributed by atoms with Gasteiger partial charge in [-0.15, -0.1) is 10.2 Å². The number of hydrogen-bond acceptors (Lipinski definition) is 6. The first kappa shape index (κ1) is 15.9. The SMILES string of the molecule is CC[C@H](C)[C@H](N)c1nnc2n1NC(c1cccc(OC)c1)=CS2. The highest BCUT2D eigenvalue weighted by Gasteiger charge is 2.25. The van der Waals surface area contributed by atoms with E-state index in [1.54, 1.807) is 7.11 Å². The normalized spacial score (nSPS) is 16.1. The van der Waals surface area contributed by atoms with E-state index in [1.807, 2.05) is 34.3 Å². The topological polar surface area (TPSA) is 78.0 Å². The number of benzene rings is 1. The van der Waals surface area contributed by atoms with E-state index in [-0.39, 0.29) is 6.04 Å². The standard InChI is InChI=1S/C16H21N5OS/c1-4-10(2)14(17)15-18-19-16-21(15)20-13(9-23-16)11-6-5-7-12(8-11)22-3/h5-10,14,20H,4,17H2,1-3H3/t10-,14-/m0/s1. The fourth-order valence-corrected chi connectivity index (χ4v) is 3.11. The highest BCUT2D eigenvalue weighted by Crippen LogP contribution is 2.32. The molecule has 1 aromatic carbocycles. The number of aromatic nitrogens is 3. The van der Waals surface area contributed by atoms with Crippen LogP contribution >= 0.6 is 11.8 Å². The van der Waals surface area contributed by atoms with Gasteiger partial charge in [0.25, 0.3) is 0 Å². The fourth-order valence-electron chi connectivity index (χ4n) is 2.37. The van der Waals surface area contributed by atoms with Crippen molar-refractivity contribution < 1.29 is 4.74 Å². The van der Waals surface area contributed by atoms with Gasteiger partial charge in [-0.05, 0) is 18.1 Å². The van der Waals surface area contributed by atoms with E-state index in [0.717, 1.165) is 34.4 Å². The van der Waals surface area contributed by atoms with Crippen LogP contribution in [0.1, 0.15) is 37.7 Å². The zero-order valence-electron chi connectivity index (χ0n) is 13.5. The zero-order chi connectivity index (χ0) is 16.4. The van der Waals surface area contributed by atoms with E-state index >= 15 is 0 Å². The first-order valence-corrected chi connectivity index (χ1v) is 8.51. The Kier molecular flexibility index (Phi) is 4.58. The Morgan fingerprint density at radius 1 is 1.39 bits per heavy atom. The largest absolute Gasteiger partial charge is 0.497 e. The minimum Gasteiger partial charge on any atom is -0.497 e. The minimum atomic E-state index is -0.154. The van der Waals surface area contributed by atoms with Crippen LogP contribution in [0.25, 0.3) is 5.70 Å². The van der Waals surface area contributed by atoms with Crippen LogP contribution in [0.15, 0.2) is 34.8 Å². The Hall–Kier alpha value is -1.99. The molecule has 1 aliphatic rings. The second kappa shape index (κ2) is 6.64. The molecule has 0 saturated heterocycles. The van der Waals surface area contributed by atoms with Crippen molar-refractivity contribution in [2.45, 2.75) is 31.5 Å². The Bertz CT molecular complexity index is 727. The summed E-state index contributed by atoms with van der Waals surface area (Å²) in [5.41, 5.74) is 11.7. The molecule has 2 aromatic rings. The third-order valence-electron chi connectivity index (χ3n) is 4.11. The summed E-state index contributed by atoms with van der Waals surface area (Å²) < 4.78 is 7.18. The predicted molar refractivity (Wildman–Crippen MR) is 92.6 cm³/mol. The average molecular weight is 331 g/mol. The molecule has 1 aromatic heterocycles. The lowest BCUT2D eigenvalue weighted by atomic mass is 10.00. The minimum absolute atomic E-state index is 0.154. The molecule has 2 heterocycles. The lowest BCUT2D eigenvalue weighted by Crippen LogP contribution is -2.27. The summed E-state index contributed by atoms with van der Waals surface area (Å²) in [5.74, 6) is 1.91. The molecule has 23 heavy (non-hydrogen) atoms. The molecule has 0 amide bonds. The van der Waals surface area contributed by atoms with Crippen LogP contribution in [0.5, 0.6) is 5.75 Å². The maximum atomic E-state index is 6.34.